The molecule has 2 fully saturated rings. The molecule has 2 aliphatic rings. The predicted molar refractivity (Wildman–Crippen MR) is 111 cm³/mol. The van der Waals surface area contributed by atoms with Gasteiger partial charge in [0.25, 0.3) is 5.91 Å². The second kappa shape index (κ2) is 7.17. The van der Waals surface area contributed by atoms with Crippen molar-refractivity contribution < 1.29 is 14.4 Å². The van der Waals surface area contributed by atoms with Gasteiger partial charge in [-0.25, -0.2) is 4.79 Å². The summed E-state index contributed by atoms with van der Waals surface area (Å²) in [6.45, 7) is 5.55. The smallest absolute Gasteiger partial charge is 0.325 e. The summed E-state index contributed by atoms with van der Waals surface area (Å²) in [5, 5.41) is 4.75. The fraction of sp³-hybridized carbons (Fsp3) is 0.435. The van der Waals surface area contributed by atoms with E-state index in [1.807, 2.05) is 61.2 Å². The molecule has 0 saturated carbocycles. The third-order valence-corrected chi connectivity index (χ3v) is 6.38. The normalized spacial score (nSPS) is 27.4. The average Bonchev–Trinajstić information content (AvgIpc) is 2.91. The van der Waals surface area contributed by atoms with E-state index in [-0.39, 0.29) is 30.4 Å². The van der Waals surface area contributed by atoms with Gasteiger partial charge < -0.3 is 10.2 Å². The van der Waals surface area contributed by atoms with Crippen LogP contribution in [0.15, 0.2) is 42.5 Å². The van der Waals surface area contributed by atoms with E-state index >= 15 is 0 Å². The number of hydrogen-bond acceptors (Lipinski definition) is 3. The van der Waals surface area contributed by atoms with E-state index in [9.17, 15) is 14.4 Å². The van der Waals surface area contributed by atoms with E-state index in [2.05, 4.69) is 5.32 Å². The number of benzene rings is 2. The second-order valence-corrected chi connectivity index (χ2v) is 8.40. The van der Waals surface area contributed by atoms with Crippen LogP contribution < -0.4 is 5.32 Å². The lowest BCUT2D eigenvalue weighted by atomic mass is 9.88. The number of fused-ring (bicyclic) bond motifs is 1. The van der Waals surface area contributed by atoms with E-state index in [0.29, 0.717) is 0 Å². The van der Waals surface area contributed by atoms with Crippen molar-refractivity contribution in [1.82, 2.24) is 15.1 Å². The first-order chi connectivity index (χ1) is 13.8. The molecule has 0 unspecified atom stereocenters. The summed E-state index contributed by atoms with van der Waals surface area (Å²) in [6.07, 6.45) is 2.99. The Hall–Kier alpha value is -2.89. The third-order valence-electron chi connectivity index (χ3n) is 6.38. The maximum atomic E-state index is 13.3. The Bertz CT molecular complexity index is 973. The molecule has 0 aromatic heterocycles. The third kappa shape index (κ3) is 3.16. The van der Waals surface area contributed by atoms with Gasteiger partial charge in [0.05, 0.1) is 0 Å². The van der Waals surface area contributed by atoms with Gasteiger partial charge in [-0.2, -0.15) is 0 Å². The van der Waals surface area contributed by atoms with Gasteiger partial charge in [0.1, 0.15) is 12.1 Å². The van der Waals surface area contributed by atoms with Gasteiger partial charge in [0, 0.05) is 12.1 Å². The molecule has 2 aromatic rings. The van der Waals surface area contributed by atoms with Crippen molar-refractivity contribution in [3.05, 3.63) is 48.0 Å². The lowest BCUT2D eigenvalue weighted by molar-refractivity contribution is -0.142. The number of carbonyl (C=O) groups is 3. The van der Waals surface area contributed by atoms with Crippen molar-refractivity contribution in [2.24, 2.45) is 0 Å². The quantitative estimate of drug-likeness (QED) is 0.813. The number of imide groups is 1. The lowest BCUT2D eigenvalue weighted by Crippen LogP contribution is -2.52. The molecule has 4 rings (SSSR count). The lowest BCUT2D eigenvalue weighted by Gasteiger charge is -2.39. The maximum Gasteiger partial charge on any atom is 0.325 e. The number of amides is 4. The first kappa shape index (κ1) is 19.4. The molecular weight excluding hydrogens is 366 g/mol. The molecule has 2 aliphatic heterocycles. The molecule has 29 heavy (non-hydrogen) atoms. The number of nitrogens with zero attached hydrogens (tertiary/aromatic N) is 2. The van der Waals surface area contributed by atoms with Crippen LogP contribution in [0.1, 0.15) is 45.6 Å². The number of urea groups is 1. The number of carbonyl (C=O) groups excluding carboxylic acids is 3. The van der Waals surface area contributed by atoms with Crippen molar-refractivity contribution in [1.29, 1.82) is 0 Å². The molecule has 0 bridgehead atoms. The van der Waals surface area contributed by atoms with Crippen LogP contribution in [0.3, 0.4) is 0 Å². The number of hydrogen-bond donors (Lipinski definition) is 1. The van der Waals surface area contributed by atoms with Crippen molar-refractivity contribution in [3.8, 4) is 0 Å². The first-order valence-electron chi connectivity index (χ1n) is 10.3. The van der Waals surface area contributed by atoms with Crippen molar-refractivity contribution >= 4 is 28.6 Å². The summed E-state index contributed by atoms with van der Waals surface area (Å²) in [4.78, 5) is 41.9. The molecule has 2 heterocycles. The fourth-order valence-corrected chi connectivity index (χ4v) is 4.81. The summed E-state index contributed by atoms with van der Waals surface area (Å²) in [5.41, 5.74) is -0.458. The van der Waals surface area contributed by atoms with Crippen LogP contribution in [0.2, 0.25) is 0 Å². The minimum Gasteiger partial charge on any atom is -0.336 e. The van der Waals surface area contributed by atoms with Crippen LogP contribution >= 0.6 is 0 Å². The van der Waals surface area contributed by atoms with Gasteiger partial charge in [-0.1, -0.05) is 42.5 Å². The van der Waals surface area contributed by atoms with Crippen LogP contribution in [0.4, 0.5) is 4.79 Å². The van der Waals surface area contributed by atoms with Gasteiger partial charge in [-0.3, -0.25) is 14.5 Å². The van der Waals surface area contributed by atoms with Gasteiger partial charge in [-0.05, 0) is 56.4 Å². The van der Waals surface area contributed by atoms with Crippen LogP contribution in [0, 0.1) is 0 Å². The Labute approximate surface area is 170 Å². The van der Waals surface area contributed by atoms with Gasteiger partial charge in [0.2, 0.25) is 5.91 Å². The molecule has 0 aliphatic carbocycles. The van der Waals surface area contributed by atoms with Gasteiger partial charge >= 0.3 is 6.03 Å². The summed E-state index contributed by atoms with van der Waals surface area (Å²) >= 11 is 0. The maximum absolute atomic E-state index is 13.3. The Morgan fingerprint density at radius 1 is 1.07 bits per heavy atom. The molecule has 2 aromatic carbocycles. The summed E-state index contributed by atoms with van der Waals surface area (Å²) < 4.78 is 0. The number of piperidine rings is 1. The van der Waals surface area contributed by atoms with E-state index < -0.39 is 11.6 Å². The highest BCUT2D eigenvalue weighted by atomic mass is 16.2. The first-order valence-corrected chi connectivity index (χ1v) is 10.3. The molecule has 2 saturated heterocycles. The zero-order chi connectivity index (χ0) is 20.8. The monoisotopic (exact) mass is 393 g/mol. The molecule has 0 radical (unpaired) electrons. The molecule has 3 atom stereocenters. The zero-order valence-corrected chi connectivity index (χ0v) is 17.1. The van der Waals surface area contributed by atoms with Crippen LogP contribution in [0.5, 0.6) is 0 Å². The van der Waals surface area contributed by atoms with Gasteiger partial charge in [-0.15, -0.1) is 0 Å². The summed E-state index contributed by atoms with van der Waals surface area (Å²) in [5.74, 6) is -0.556. The Morgan fingerprint density at radius 2 is 1.72 bits per heavy atom. The highest BCUT2D eigenvalue weighted by Crippen LogP contribution is 2.34. The Morgan fingerprint density at radius 3 is 2.45 bits per heavy atom. The van der Waals surface area contributed by atoms with Crippen molar-refractivity contribution in [2.75, 3.05) is 6.54 Å². The minimum atomic E-state index is -1.20. The largest absolute Gasteiger partial charge is 0.336 e. The van der Waals surface area contributed by atoms with Crippen LogP contribution in [-0.2, 0) is 15.1 Å². The molecule has 152 valence electrons. The topological polar surface area (TPSA) is 69.7 Å². The SMILES string of the molecule is C[C@@H]1CCC[C@H](C)N1C(=O)CN1C(=O)N[C@@](C)(c2cccc3ccccc23)C1=O. The molecule has 0 spiro atoms. The molecule has 6 heteroatoms. The van der Waals surface area contributed by atoms with E-state index in [0.717, 1.165) is 40.5 Å². The Balaban J connectivity index is 1.62. The van der Waals surface area contributed by atoms with Crippen molar-refractivity contribution in [3.63, 3.8) is 0 Å². The number of rotatable bonds is 3. The average molecular weight is 393 g/mol. The zero-order valence-electron chi connectivity index (χ0n) is 17.1. The van der Waals surface area contributed by atoms with Crippen molar-refractivity contribution in [2.45, 2.75) is 57.7 Å². The van der Waals surface area contributed by atoms with E-state index in [4.69, 9.17) is 0 Å². The second-order valence-electron chi connectivity index (χ2n) is 8.40. The minimum absolute atomic E-state index is 0.122. The standard InChI is InChI=1S/C23H27N3O3/c1-15-8-6-9-16(2)26(15)20(27)14-25-21(28)23(3,24-22(25)29)19-13-7-11-17-10-4-5-12-18(17)19/h4-5,7,10-13,15-16H,6,8-9,14H2,1-3H3,(H,24,29)/t15-,16+,23-/m0/s1. The van der Waals surface area contributed by atoms with Gasteiger partial charge in [0.15, 0.2) is 0 Å². The number of nitrogens with one attached hydrogen (secondary N) is 1. The van der Waals surface area contributed by atoms with Crippen LogP contribution in [-0.4, -0.2) is 46.3 Å². The summed E-state index contributed by atoms with van der Waals surface area (Å²) in [7, 11) is 0. The van der Waals surface area contributed by atoms with Crippen LogP contribution in [0.25, 0.3) is 10.8 Å². The number of likely N-dealkylation sites (tertiary alicyclic amines) is 1. The predicted octanol–water partition coefficient (Wildman–Crippen LogP) is 3.40. The molecule has 1 N–H and O–H groups in total. The Kier molecular flexibility index (Phi) is 4.81. The molecule has 6 nitrogen and oxygen atoms in total. The van der Waals surface area contributed by atoms with E-state index in [1.165, 1.54) is 0 Å². The highest BCUT2D eigenvalue weighted by molar-refractivity contribution is 6.10. The van der Waals surface area contributed by atoms with E-state index in [1.54, 1.807) is 6.92 Å². The molecular formula is C23H27N3O3. The summed E-state index contributed by atoms with van der Waals surface area (Å²) in [6, 6.07) is 13.2. The highest BCUT2D eigenvalue weighted by Gasteiger charge is 2.50. The fourth-order valence-electron chi connectivity index (χ4n) is 4.81. The molecule has 4 amide bonds.